The molecule has 0 aliphatic heterocycles. The van der Waals surface area contributed by atoms with Crippen molar-refractivity contribution in [3.63, 3.8) is 0 Å². The maximum Gasteiger partial charge on any atom is 0.203 e. The van der Waals surface area contributed by atoms with E-state index in [2.05, 4.69) is 9.36 Å². The standard InChI is InChI=1S/C12H9ClN4OS2/c13-12-16-10(17-20-12)5-18-7-2-1-6-3-9(11(14)15)19-8(6)4-7/h1-4H,5H2,(H3,14,15). The third-order valence-electron chi connectivity index (χ3n) is 2.57. The Balaban J connectivity index is 1.80. The Kier molecular flexibility index (Phi) is 3.56. The fourth-order valence-corrected chi connectivity index (χ4v) is 3.25. The molecule has 5 nitrogen and oxygen atoms in total. The van der Waals surface area contributed by atoms with Gasteiger partial charge in [-0.3, -0.25) is 5.41 Å². The van der Waals surface area contributed by atoms with E-state index in [1.807, 2.05) is 24.3 Å². The summed E-state index contributed by atoms with van der Waals surface area (Å²) in [7, 11) is 0. The number of nitrogens with one attached hydrogen (secondary N) is 1. The fraction of sp³-hybridized carbons (Fsp3) is 0.0833. The minimum atomic E-state index is 0.0787. The van der Waals surface area contributed by atoms with E-state index in [-0.39, 0.29) is 12.4 Å². The first-order valence-electron chi connectivity index (χ1n) is 5.61. The molecule has 0 aliphatic carbocycles. The number of halogens is 1. The van der Waals surface area contributed by atoms with Crippen molar-refractivity contribution in [2.75, 3.05) is 0 Å². The molecule has 8 heteroatoms. The molecule has 0 aliphatic rings. The molecule has 0 fully saturated rings. The molecule has 0 unspecified atom stereocenters. The fourth-order valence-electron chi connectivity index (χ4n) is 1.67. The molecule has 0 saturated heterocycles. The van der Waals surface area contributed by atoms with Crippen LogP contribution in [-0.4, -0.2) is 15.2 Å². The van der Waals surface area contributed by atoms with Gasteiger partial charge in [-0.2, -0.15) is 4.37 Å². The Hall–Kier alpha value is -1.70. The summed E-state index contributed by atoms with van der Waals surface area (Å²) in [4.78, 5) is 4.78. The first-order chi connectivity index (χ1) is 9.61. The van der Waals surface area contributed by atoms with Crippen molar-refractivity contribution < 1.29 is 4.74 Å². The average molecular weight is 325 g/mol. The summed E-state index contributed by atoms with van der Waals surface area (Å²) in [6.07, 6.45) is 0. The second kappa shape index (κ2) is 5.35. The van der Waals surface area contributed by atoms with E-state index in [9.17, 15) is 0 Å². The number of benzene rings is 1. The van der Waals surface area contributed by atoms with E-state index in [0.29, 0.717) is 10.3 Å². The zero-order valence-corrected chi connectivity index (χ0v) is 12.5. The van der Waals surface area contributed by atoms with Gasteiger partial charge in [0.2, 0.25) is 4.47 Å². The number of aromatic nitrogens is 2. The summed E-state index contributed by atoms with van der Waals surface area (Å²) in [5.74, 6) is 1.37. The molecule has 0 radical (unpaired) electrons. The van der Waals surface area contributed by atoms with Crippen LogP contribution in [0.1, 0.15) is 10.7 Å². The Labute approximate surface area is 127 Å². The highest BCUT2D eigenvalue weighted by Crippen LogP contribution is 2.29. The molecular formula is C12H9ClN4OS2. The molecule has 0 atom stereocenters. The minimum absolute atomic E-state index is 0.0787. The third kappa shape index (κ3) is 2.74. The molecule has 20 heavy (non-hydrogen) atoms. The first kappa shape index (κ1) is 13.3. The lowest BCUT2D eigenvalue weighted by Crippen LogP contribution is -2.08. The molecule has 3 rings (SSSR count). The van der Waals surface area contributed by atoms with E-state index >= 15 is 0 Å². The molecule has 0 saturated carbocycles. The summed E-state index contributed by atoms with van der Waals surface area (Å²) in [6.45, 7) is 0.277. The van der Waals surface area contributed by atoms with E-state index in [0.717, 1.165) is 32.2 Å². The summed E-state index contributed by atoms with van der Waals surface area (Å²) in [5, 5.41) is 8.49. The van der Waals surface area contributed by atoms with Crippen molar-refractivity contribution in [2.24, 2.45) is 5.73 Å². The van der Waals surface area contributed by atoms with Crippen LogP contribution in [0.25, 0.3) is 10.1 Å². The van der Waals surface area contributed by atoms with Crippen molar-refractivity contribution >= 4 is 50.4 Å². The average Bonchev–Trinajstić information content (AvgIpc) is 3.01. The number of nitrogens with zero attached hydrogens (tertiary/aromatic N) is 2. The van der Waals surface area contributed by atoms with Crippen molar-refractivity contribution in [1.29, 1.82) is 5.41 Å². The quantitative estimate of drug-likeness (QED) is 0.569. The van der Waals surface area contributed by atoms with Gasteiger partial charge in [0.05, 0.1) is 4.88 Å². The molecule has 0 bridgehead atoms. The molecule has 0 spiro atoms. The largest absolute Gasteiger partial charge is 0.486 e. The SMILES string of the molecule is N=C(N)c1cc2ccc(OCc3nsc(Cl)n3)cc2s1. The second-order valence-electron chi connectivity index (χ2n) is 3.98. The van der Waals surface area contributed by atoms with Gasteiger partial charge in [-0.25, -0.2) is 4.98 Å². The Morgan fingerprint density at radius 3 is 2.95 bits per heavy atom. The van der Waals surface area contributed by atoms with Crippen LogP contribution in [0.2, 0.25) is 4.47 Å². The van der Waals surface area contributed by atoms with Crippen LogP contribution in [0.5, 0.6) is 5.75 Å². The predicted molar refractivity (Wildman–Crippen MR) is 82.1 cm³/mol. The molecule has 0 amide bonds. The van der Waals surface area contributed by atoms with Crippen LogP contribution in [0.3, 0.4) is 0 Å². The van der Waals surface area contributed by atoms with Crippen molar-refractivity contribution in [3.8, 4) is 5.75 Å². The Morgan fingerprint density at radius 1 is 1.40 bits per heavy atom. The van der Waals surface area contributed by atoms with Crippen LogP contribution in [0.4, 0.5) is 0 Å². The topological polar surface area (TPSA) is 84.9 Å². The maximum absolute atomic E-state index is 7.45. The number of hydrogen-bond acceptors (Lipinski definition) is 6. The number of nitrogens with two attached hydrogens (primary N) is 1. The lowest BCUT2D eigenvalue weighted by Gasteiger charge is -2.03. The number of hydrogen-bond donors (Lipinski definition) is 2. The predicted octanol–water partition coefficient (Wildman–Crippen LogP) is 3.27. The van der Waals surface area contributed by atoms with Crippen molar-refractivity contribution in [3.05, 3.63) is 39.4 Å². The molecule has 2 aromatic heterocycles. The van der Waals surface area contributed by atoms with E-state index in [1.165, 1.54) is 11.3 Å². The first-order valence-corrected chi connectivity index (χ1v) is 7.57. The monoisotopic (exact) mass is 324 g/mol. The number of fused-ring (bicyclic) bond motifs is 1. The second-order valence-corrected chi connectivity index (χ2v) is 6.39. The lowest BCUT2D eigenvalue weighted by molar-refractivity contribution is 0.298. The van der Waals surface area contributed by atoms with Gasteiger partial charge >= 0.3 is 0 Å². The van der Waals surface area contributed by atoms with Gasteiger partial charge in [0.1, 0.15) is 18.2 Å². The van der Waals surface area contributed by atoms with Gasteiger partial charge in [0.15, 0.2) is 5.82 Å². The molecule has 3 aromatic rings. The van der Waals surface area contributed by atoms with Crippen molar-refractivity contribution in [2.45, 2.75) is 6.61 Å². The van der Waals surface area contributed by atoms with Gasteiger partial charge in [-0.1, -0.05) is 0 Å². The van der Waals surface area contributed by atoms with Gasteiger partial charge in [-0.05, 0) is 52.8 Å². The minimum Gasteiger partial charge on any atom is -0.486 e. The van der Waals surface area contributed by atoms with Crippen LogP contribution < -0.4 is 10.5 Å². The summed E-state index contributed by atoms with van der Waals surface area (Å²) in [5.41, 5.74) is 5.49. The molecular weight excluding hydrogens is 316 g/mol. The van der Waals surface area contributed by atoms with Gasteiger partial charge in [-0.15, -0.1) is 11.3 Å². The Bertz CT molecular complexity index is 783. The van der Waals surface area contributed by atoms with Crippen LogP contribution in [0, 0.1) is 5.41 Å². The highest BCUT2D eigenvalue weighted by Gasteiger charge is 2.07. The number of thiophene rings is 1. The summed E-state index contributed by atoms with van der Waals surface area (Å²) >= 11 is 8.31. The van der Waals surface area contributed by atoms with Crippen LogP contribution >= 0.6 is 34.5 Å². The summed E-state index contributed by atoms with van der Waals surface area (Å²) in [6, 6.07) is 7.62. The normalized spacial score (nSPS) is 10.8. The highest BCUT2D eigenvalue weighted by molar-refractivity contribution is 7.20. The smallest absolute Gasteiger partial charge is 0.203 e. The Morgan fingerprint density at radius 2 is 2.25 bits per heavy atom. The van der Waals surface area contributed by atoms with Crippen LogP contribution in [-0.2, 0) is 6.61 Å². The molecule has 3 N–H and O–H groups in total. The number of amidine groups is 1. The van der Waals surface area contributed by atoms with Gasteiger partial charge < -0.3 is 10.5 Å². The number of rotatable bonds is 4. The van der Waals surface area contributed by atoms with Gasteiger partial charge in [0, 0.05) is 4.70 Å². The third-order valence-corrected chi connectivity index (χ3v) is 4.53. The van der Waals surface area contributed by atoms with Crippen molar-refractivity contribution in [1.82, 2.24) is 9.36 Å². The number of nitrogen functional groups attached to an aromatic ring is 1. The van der Waals surface area contributed by atoms with Crippen LogP contribution in [0.15, 0.2) is 24.3 Å². The summed E-state index contributed by atoms with van der Waals surface area (Å²) < 4.78 is 11.1. The van der Waals surface area contributed by atoms with E-state index in [4.69, 9.17) is 27.5 Å². The highest BCUT2D eigenvalue weighted by atomic mass is 35.5. The zero-order chi connectivity index (χ0) is 14.1. The van der Waals surface area contributed by atoms with E-state index in [1.54, 1.807) is 0 Å². The molecule has 2 heterocycles. The van der Waals surface area contributed by atoms with E-state index < -0.39 is 0 Å². The molecule has 1 aromatic carbocycles. The zero-order valence-electron chi connectivity index (χ0n) is 10.1. The van der Waals surface area contributed by atoms with Gasteiger partial charge in [0.25, 0.3) is 0 Å². The molecule has 102 valence electrons. The maximum atomic E-state index is 7.45. The number of ether oxygens (including phenoxy) is 1. The lowest BCUT2D eigenvalue weighted by atomic mass is 10.2.